The van der Waals surface area contributed by atoms with Crippen molar-refractivity contribution in [1.29, 1.82) is 0 Å². The third-order valence-corrected chi connectivity index (χ3v) is 12.0. The summed E-state index contributed by atoms with van der Waals surface area (Å²) >= 11 is 0. The number of phenolic OH excluding ortho intramolecular Hbond substituents is 1. The molecular weight excluding hydrogens is 823 g/mol. The number of hydrogen-bond donors (Lipinski definition) is 6. The van der Waals surface area contributed by atoms with Crippen LogP contribution in [0, 0.1) is 11.8 Å². The number of ether oxygens (including phenoxy) is 2. The van der Waals surface area contributed by atoms with E-state index in [1.165, 1.54) is 23.8 Å². The summed E-state index contributed by atoms with van der Waals surface area (Å²) in [6.45, 7) is 4.25. The average Bonchev–Trinajstić information content (AvgIpc) is 3.30. The van der Waals surface area contributed by atoms with Gasteiger partial charge in [0.1, 0.15) is 11.5 Å². The number of rotatable bonds is 17. The molecule has 2 aliphatic heterocycles. The van der Waals surface area contributed by atoms with E-state index in [0.717, 1.165) is 45.3 Å². The number of piperidine rings is 2. The normalized spacial score (nSPS) is 16.4. The van der Waals surface area contributed by atoms with E-state index in [0.29, 0.717) is 36.1 Å². The van der Waals surface area contributed by atoms with E-state index in [9.17, 15) is 34.5 Å². The van der Waals surface area contributed by atoms with Gasteiger partial charge >= 0.3 is 5.97 Å². The Kier molecular flexibility index (Phi) is 16.4. The lowest BCUT2D eigenvalue weighted by Gasteiger charge is -2.33. The van der Waals surface area contributed by atoms with Crippen molar-refractivity contribution < 1.29 is 39.2 Å². The third-order valence-electron chi connectivity index (χ3n) is 12.0. The van der Waals surface area contributed by atoms with Crippen LogP contribution in [0.4, 0.5) is 0 Å². The highest BCUT2D eigenvalue weighted by Crippen LogP contribution is 2.34. The quantitative estimate of drug-likeness (QED) is 0.0738. The Labute approximate surface area is 373 Å². The predicted octanol–water partition coefficient (Wildman–Crippen LogP) is 4.09. The lowest BCUT2D eigenvalue weighted by atomic mass is 9.86. The summed E-state index contributed by atoms with van der Waals surface area (Å²) in [4.78, 5) is 58.1. The van der Waals surface area contributed by atoms with Crippen LogP contribution in [-0.2, 0) is 31.3 Å². The van der Waals surface area contributed by atoms with Crippen LogP contribution < -0.4 is 20.9 Å². The number of phenols is 1. The van der Waals surface area contributed by atoms with Gasteiger partial charge in [-0.2, -0.15) is 13.5 Å². The molecule has 334 valence electrons. The molecule has 14 nitrogen and oxygen atoms in total. The number of aromatic hydroxyl groups is 1. The zero-order valence-corrected chi connectivity index (χ0v) is 36.2. The molecule has 3 heterocycles. The molecule has 15 heteroatoms. The van der Waals surface area contributed by atoms with Crippen LogP contribution in [0.1, 0.15) is 54.0 Å². The minimum Gasteiger partial charge on any atom is -0.506 e. The number of aliphatic hydroxyl groups is 2. The van der Waals surface area contributed by atoms with Crippen molar-refractivity contribution in [3.8, 4) is 11.5 Å². The predicted molar refractivity (Wildman–Crippen MR) is 244 cm³/mol. The Hall–Kier alpha value is -5.71. The lowest BCUT2D eigenvalue weighted by Crippen LogP contribution is -2.46. The number of carbonyl (C=O) groups excluding carboxylic acids is 3. The number of hydrogen-bond acceptors (Lipinski definition) is 11. The van der Waals surface area contributed by atoms with Gasteiger partial charge in [-0.05, 0) is 98.1 Å². The van der Waals surface area contributed by atoms with Crippen LogP contribution >= 0.6 is 13.5 Å². The number of H-pyrrole nitrogens is 1. The van der Waals surface area contributed by atoms with Gasteiger partial charge in [-0.25, -0.2) is 4.79 Å². The maximum absolute atomic E-state index is 13.8. The highest BCUT2D eigenvalue weighted by atomic mass is 32.1. The summed E-state index contributed by atoms with van der Waals surface area (Å²) in [5.41, 5.74) is 0.249. The number of aliphatic hydroxyl groups excluding tert-OH is 1. The highest BCUT2D eigenvalue weighted by Gasteiger charge is 2.42. The molecule has 2 fully saturated rings. The number of aromatic amines is 1. The molecule has 0 bridgehead atoms. The van der Waals surface area contributed by atoms with Gasteiger partial charge in [0.25, 0.3) is 5.91 Å². The van der Waals surface area contributed by atoms with Crippen LogP contribution in [0.3, 0.4) is 0 Å². The number of benzene rings is 4. The van der Waals surface area contributed by atoms with E-state index in [1.807, 2.05) is 18.2 Å². The Balaban J connectivity index is 0.00000661. The molecule has 2 atom stereocenters. The topological polar surface area (TPSA) is 194 Å². The number of fused-ring (bicyclic) bond motifs is 1. The molecule has 4 aromatic carbocycles. The van der Waals surface area contributed by atoms with Crippen molar-refractivity contribution in [3.63, 3.8) is 0 Å². The summed E-state index contributed by atoms with van der Waals surface area (Å²) in [6, 6.07) is 31.4. The average molecular weight is 880 g/mol. The van der Waals surface area contributed by atoms with Gasteiger partial charge < -0.3 is 45.3 Å². The molecule has 2 aliphatic rings. The Morgan fingerprint density at radius 3 is 2.24 bits per heavy atom. The molecular formula is C48H57N5O9S. The van der Waals surface area contributed by atoms with Gasteiger partial charge in [0, 0.05) is 43.2 Å². The first-order chi connectivity index (χ1) is 30.1. The molecule has 0 radical (unpaired) electrons. The Morgan fingerprint density at radius 2 is 1.51 bits per heavy atom. The van der Waals surface area contributed by atoms with E-state index < -0.39 is 23.6 Å². The van der Waals surface area contributed by atoms with E-state index in [1.54, 1.807) is 65.6 Å². The van der Waals surface area contributed by atoms with E-state index in [-0.39, 0.29) is 85.7 Å². The zero-order valence-electron chi connectivity index (χ0n) is 35.2. The molecule has 2 saturated heterocycles. The standard InChI is InChI=1S/C48H55N5O9.H2S/c54-41-16-14-39(40-15-17-43(56)51-46(40)41)42(55)28-49-27-33-20-24-53(25-21-33)45(58)29-50-44(57)32-61-38-13-7-12-37(26-38)48(60,36-10-5-2-6-11-36)47(59)62-31-35-18-22-52(23-19-35)30-34-8-3-1-4-9-34;/h1-17,26,33,35,42,49,54-55,60H,18-25,27-32H2,(H,50,57)(H,51,56);1H2/t42-,48-;/m0./s1. The van der Waals surface area contributed by atoms with Gasteiger partial charge in [-0.3, -0.25) is 19.3 Å². The minimum absolute atomic E-state index is 0. The van der Waals surface area contributed by atoms with Crippen molar-refractivity contribution >= 4 is 42.2 Å². The lowest BCUT2D eigenvalue weighted by molar-refractivity contribution is -0.164. The number of carbonyl (C=O) groups is 3. The second kappa shape index (κ2) is 22.1. The van der Waals surface area contributed by atoms with Crippen LogP contribution in [0.15, 0.2) is 114 Å². The Bertz CT molecular complexity index is 2350. The smallest absolute Gasteiger partial charge is 0.347 e. The molecule has 6 N–H and O–H groups in total. The molecule has 0 aliphatic carbocycles. The minimum atomic E-state index is -2.12. The van der Waals surface area contributed by atoms with Gasteiger partial charge in [0.15, 0.2) is 6.61 Å². The van der Waals surface area contributed by atoms with Crippen LogP contribution in [0.25, 0.3) is 10.9 Å². The number of likely N-dealkylation sites (tertiary alicyclic amines) is 2. The number of pyridine rings is 1. The second-order valence-corrected chi connectivity index (χ2v) is 16.3. The van der Waals surface area contributed by atoms with Crippen molar-refractivity contribution in [1.82, 2.24) is 25.4 Å². The molecule has 7 rings (SSSR count). The van der Waals surface area contributed by atoms with Crippen molar-refractivity contribution in [2.75, 3.05) is 59.0 Å². The van der Waals surface area contributed by atoms with Gasteiger partial charge in [0.05, 0.1) is 24.8 Å². The highest BCUT2D eigenvalue weighted by molar-refractivity contribution is 7.59. The fourth-order valence-corrected chi connectivity index (χ4v) is 8.30. The van der Waals surface area contributed by atoms with E-state index in [2.05, 4.69) is 32.7 Å². The molecule has 0 saturated carbocycles. The number of nitrogens with one attached hydrogen (secondary N) is 3. The van der Waals surface area contributed by atoms with Crippen LogP contribution in [0.2, 0.25) is 0 Å². The zero-order chi connectivity index (χ0) is 43.5. The van der Waals surface area contributed by atoms with Crippen molar-refractivity contribution in [2.24, 2.45) is 11.8 Å². The maximum atomic E-state index is 13.8. The molecule has 1 aromatic heterocycles. The summed E-state index contributed by atoms with van der Waals surface area (Å²) in [6.07, 6.45) is 2.39. The van der Waals surface area contributed by atoms with Gasteiger partial charge in [0.2, 0.25) is 17.1 Å². The summed E-state index contributed by atoms with van der Waals surface area (Å²) in [5.74, 6) is -0.845. The van der Waals surface area contributed by atoms with Crippen LogP contribution in [-0.4, -0.2) is 107 Å². The molecule has 5 aromatic rings. The number of nitrogens with zero attached hydrogens (tertiary/aromatic N) is 2. The van der Waals surface area contributed by atoms with Crippen molar-refractivity contribution in [3.05, 3.63) is 142 Å². The van der Waals surface area contributed by atoms with Crippen LogP contribution in [0.5, 0.6) is 11.5 Å². The molecule has 0 unspecified atom stereocenters. The first-order valence-electron chi connectivity index (χ1n) is 21.3. The van der Waals surface area contributed by atoms with E-state index >= 15 is 0 Å². The number of amides is 2. The Morgan fingerprint density at radius 1 is 0.825 bits per heavy atom. The fraction of sp³-hybridized carbons (Fsp3) is 0.375. The van der Waals surface area contributed by atoms with Crippen molar-refractivity contribution in [2.45, 2.75) is 43.9 Å². The van der Waals surface area contributed by atoms with E-state index in [4.69, 9.17) is 9.47 Å². The van der Waals surface area contributed by atoms with Gasteiger partial charge in [-0.1, -0.05) is 78.9 Å². The molecule has 63 heavy (non-hydrogen) atoms. The van der Waals surface area contributed by atoms with Gasteiger partial charge in [-0.15, -0.1) is 0 Å². The molecule has 2 amide bonds. The summed E-state index contributed by atoms with van der Waals surface area (Å²) in [7, 11) is 0. The number of aromatic nitrogens is 1. The second-order valence-electron chi connectivity index (χ2n) is 16.3. The fourth-order valence-electron chi connectivity index (χ4n) is 8.30. The maximum Gasteiger partial charge on any atom is 0.347 e. The first kappa shape index (κ1) is 46.8. The number of esters is 1. The largest absolute Gasteiger partial charge is 0.506 e. The first-order valence-corrected chi connectivity index (χ1v) is 21.3. The monoisotopic (exact) mass is 879 g/mol. The summed E-state index contributed by atoms with van der Waals surface area (Å²) < 4.78 is 11.6. The summed E-state index contributed by atoms with van der Waals surface area (Å²) in [5, 5.41) is 39.6. The molecule has 0 spiro atoms. The third kappa shape index (κ3) is 12.1. The SMILES string of the molecule is O=C(COc1cccc([C@](O)(C(=O)OCC2CCN(Cc3ccccc3)CC2)c2ccccc2)c1)NCC(=O)N1CCC(CNC[C@H](O)c2ccc(O)c3[nH]c(=O)ccc23)CC1.S.